The summed E-state index contributed by atoms with van der Waals surface area (Å²) >= 11 is 3.27. The molecule has 1 rings (SSSR count). The molecule has 0 aliphatic carbocycles. The Hall–Kier alpha value is -1.16. The van der Waals surface area contributed by atoms with Gasteiger partial charge in [-0.15, -0.1) is 0 Å². The fourth-order valence-corrected chi connectivity index (χ4v) is 1.63. The summed E-state index contributed by atoms with van der Waals surface area (Å²) in [5, 5.41) is 0. The highest BCUT2D eigenvalue weighted by atomic mass is 79.9. The molecule has 0 amide bonds. The molecular formula is C13H15BrO3. The van der Waals surface area contributed by atoms with Gasteiger partial charge in [-0.3, -0.25) is 4.79 Å². The third kappa shape index (κ3) is 3.97. The second kappa shape index (κ2) is 5.00. The molecule has 0 atom stereocenters. The molecule has 92 valence electrons. The monoisotopic (exact) mass is 298 g/mol. The quantitative estimate of drug-likeness (QED) is 0.478. The van der Waals surface area contributed by atoms with Gasteiger partial charge in [-0.05, 0) is 45.4 Å². The Morgan fingerprint density at radius 3 is 2.35 bits per heavy atom. The SMILES string of the molecule is Cc1ccc(Br)cc1C(=O)C(=O)OC(C)(C)C. The molecule has 0 fully saturated rings. The molecule has 0 saturated heterocycles. The zero-order chi connectivity index (χ0) is 13.2. The van der Waals surface area contributed by atoms with Crippen molar-refractivity contribution in [3.05, 3.63) is 33.8 Å². The molecule has 1 aromatic rings. The number of carbonyl (C=O) groups excluding carboxylic acids is 2. The van der Waals surface area contributed by atoms with Crippen molar-refractivity contribution >= 4 is 27.7 Å². The van der Waals surface area contributed by atoms with Gasteiger partial charge in [0.2, 0.25) is 0 Å². The standard InChI is InChI=1S/C13H15BrO3/c1-8-5-6-9(14)7-10(8)11(15)12(16)17-13(2,3)4/h5-7H,1-4H3. The molecular weight excluding hydrogens is 284 g/mol. The van der Waals surface area contributed by atoms with E-state index in [2.05, 4.69) is 15.9 Å². The predicted molar refractivity (Wildman–Crippen MR) is 69.1 cm³/mol. The van der Waals surface area contributed by atoms with E-state index >= 15 is 0 Å². The minimum Gasteiger partial charge on any atom is -0.454 e. The Morgan fingerprint density at radius 1 is 1.24 bits per heavy atom. The van der Waals surface area contributed by atoms with Crippen LogP contribution in [0.5, 0.6) is 0 Å². The van der Waals surface area contributed by atoms with E-state index < -0.39 is 17.4 Å². The number of esters is 1. The van der Waals surface area contributed by atoms with Crippen LogP contribution in [0.2, 0.25) is 0 Å². The maximum Gasteiger partial charge on any atom is 0.380 e. The van der Waals surface area contributed by atoms with E-state index in [-0.39, 0.29) is 0 Å². The second-order valence-corrected chi connectivity index (χ2v) is 5.71. The van der Waals surface area contributed by atoms with Crippen LogP contribution in [-0.2, 0) is 9.53 Å². The summed E-state index contributed by atoms with van der Waals surface area (Å²) in [4.78, 5) is 23.5. The molecule has 0 radical (unpaired) electrons. The lowest BCUT2D eigenvalue weighted by atomic mass is 10.0. The van der Waals surface area contributed by atoms with Crippen LogP contribution in [-0.4, -0.2) is 17.4 Å². The number of aryl methyl sites for hydroxylation is 1. The van der Waals surface area contributed by atoms with Crippen molar-refractivity contribution in [1.29, 1.82) is 0 Å². The molecule has 0 saturated carbocycles. The van der Waals surface area contributed by atoms with Gasteiger partial charge in [0, 0.05) is 10.0 Å². The van der Waals surface area contributed by atoms with Gasteiger partial charge in [0.25, 0.3) is 5.78 Å². The van der Waals surface area contributed by atoms with Crippen LogP contribution in [0.3, 0.4) is 0 Å². The largest absolute Gasteiger partial charge is 0.454 e. The molecule has 0 spiro atoms. The van der Waals surface area contributed by atoms with Crippen LogP contribution < -0.4 is 0 Å². The summed E-state index contributed by atoms with van der Waals surface area (Å²) < 4.78 is 5.80. The first-order valence-corrected chi connectivity index (χ1v) is 6.04. The molecule has 0 bridgehead atoms. The van der Waals surface area contributed by atoms with Gasteiger partial charge in [0.1, 0.15) is 5.60 Å². The highest BCUT2D eigenvalue weighted by Crippen LogP contribution is 2.18. The summed E-state index contributed by atoms with van der Waals surface area (Å²) in [7, 11) is 0. The zero-order valence-corrected chi connectivity index (χ0v) is 11.9. The summed E-state index contributed by atoms with van der Waals surface area (Å²) in [6.07, 6.45) is 0. The van der Waals surface area contributed by atoms with E-state index in [1.807, 2.05) is 6.07 Å². The van der Waals surface area contributed by atoms with Crippen molar-refractivity contribution in [2.75, 3.05) is 0 Å². The number of ether oxygens (including phenoxy) is 1. The predicted octanol–water partition coefficient (Wildman–Crippen LogP) is 3.28. The van der Waals surface area contributed by atoms with E-state index in [0.717, 1.165) is 10.0 Å². The van der Waals surface area contributed by atoms with Crippen molar-refractivity contribution in [3.63, 3.8) is 0 Å². The third-order valence-electron chi connectivity index (χ3n) is 2.03. The lowest BCUT2D eigenvalue weighted by molar-refractivity contribution is -0.148. The first kappa shape index (κ1) is 13.9. The molecule has 0 heterocycles. The Kier molecular flexibility index (Phi) is 4.09. The molecule has 0 unspecified atom stereocenters. The van der Waals surface area contributed by atoms with Crippen LogP contribution in [0, 0.1) is 6.92 Å². The van der Waals surface area contributed by atoms with Gasteiger partial charge in [0.15, 0.2) is 0 Å². The lowest BCUT2D eigenvalue weighted by Gasteiger charge is -2.19. The lowest BCUT2D eigenvalue weighted by Crippen LogP contribution is -2.29. The summed E-state index contributed by atoms with van der Waals surface area (Å²) in [6.45, 7) is 6.97. The number of hydrogen-bond donors (Lipinski definition) is 0. The van der Waals surface area contributed by atoms with E-state index in [1.165, 1.54) is 0 Å². The van der Waals surface area contributed by atoms with E-state index in [0.29, 0.717) is 5.56 Å². The van der Waals surface area contributed by atoms with Gasteiger partial charge >= 0.3 is 5.97 Å². The Bertz CT molecular complexity index is 458. The summed E-state index contributed by atoms with van der Waals surface area (Å²) in [5.74, 6) is -1.43. The maximum atomic E-state index is 11.9. The number of Topliss-reactive ketones (excluding diaryl/α,β-unsaturated/α-hetero) is 1. The van der Waals surface area contributed by atoms with Gasteiger partial charge in [0.05, 0.1) is 0 Å². The number of halogens is 1. The first-order chi connectivity index (χ1) is 7.70. The van der Waals surface area contributed by atoms with Crippen LogP contribution in [0.4, 0.5) is 0 Å². The average molecular weight is 299 g/mol. The number of rotatable bonds is 2. The topological polar surface area (TPSA) is 43.4 Å². The normalized spacial score (nSPS) is 11.1. The van der Waals surface area contributed by atoms with E-state index in [9.17, 15) is 9.59 Å². The summed E-state index contributed by atoms with van der Waals surface area (Å²) in [6, 6.07) is 5.23. The Balaban J connectivity index is 2.97. The van der Waals surface area contributed by atoms with Crippen LogP contribution in [0.25, 0.3) is 0 Å². The molecule has 0 N–H and O–H groups in total. The van der Waals surface area contributed by atoms with Gasteiger partial charge in [-0.1, -0.05) is 22.0 Å². The zero-order valence-electron chi connectivity index (χ0n) is 10.3. The van der Waals surface area contributed by atoms with Crippen molar-refractivity contribution < 1.29 is 14.3 Å². The Labute approximate surface area is 109 Å². The average Bonchev–Trinajstić information content (AvgIpc) is 2.18. The number of ketones is 1. The fraction of sp³-hybridized carbons (Fsp3) is 0.385. The Morgan fingerprint density at radius 2 is 1.82 bits per heavy atom. The highest BCUT2D eigenvalue weighted by Gasteiger charge is 2.25. The fourth-order valence-electron chi connectivity index (χ4n) is 1.27. The summed E-state index contributed by atoms with van der Waals surface area (Å²) in [5.41, 5.74) is 0.463. The molecule has 1 aromatic carbocycles. The van der Waals surface area contributed by atoms with Crippen molar-refractivity contribution in [1.82, 2.24) is 0 Å². The number of hydrogen-bond acceptors (Lipinski definition) is 3. The van der Waals surface area contributed by atoms with E-state index in [4.69, 9.17) is 4.74 Å². The molecule has 17 heavy (non-hydrogen) atoms. The number of benzene rings is 1. The third-order valence-corrected chi connectivity index (χ3v) is 2.52. The number of carbonyl (C=O) groups is 2. The first-order valence-electron chi connectivity index (χ1n) is 5.24. The molecule has 0 aliphatic rings. The minimum atomic E-state index is -0.821. The molecule has 3 nitrogen and oxygen atoms in total. The highest BCUT2D eigenvalue weighted by molar-refractivity contribution is 9.10. The van der Waals surface area contributed by atoms with Crippen LogP contribution in [0.15, 0.2) is 22.7 Å². The molecule has 0 aromatic heterocycles. The second-order valence-electron chi connectivity index (χ2n) is 4.79. The van der Waals surface area contributed by atoms with Crippen LogP contribution >= 0.6 is 15.9 Å². The van der Waals surface area contributed by atoms with Gasteiger partial charge < -0.3 is 4.74 Å². The van der Waals surface area contributed by atoms with Crippen LogP contribution in [0.1, 0.15) is 36.7 Å². The van der Waals surface area contributed by atoms with Crippen molar-refractivity contribution in [2.24, 2.45) is 0 Å². The minimum absolute atomic E-state index is 0.369. The van der Waals surface area contributed by atoms with Crippen molar-refractivity contribution in [2.45, 2.75) is 33.3 Å². The smallest absolute Gasteiger partial charge is 0.380 e. The molecule has 4 heteroatoms. The maximum absolute atomic E-state index is 11.9. The van der Waals surface area contributed by atoms with E-state index in [1.54, 1.807) is 39.8 Å². The van der Waals surface area contributed by atoms with Gasteiger partial charge in [-0.25, -0.2) is 4.79 Å². The van der Waals surface area contributed by atoms with Crippen molar-refractivity contribution in [3.8, 4) is 0 Å². The van der Waals surface area contributed by atoms with Gasteiger partial charge in [-0.2, -0.15) is 0 Å². The molecule has 0 aliphatic heterocycles.